The molecule has 2 unspecified atom stereocenters. The molecule has 5 heterocycles. The first-order valence-corrected chi connectivity index (χ1v) is 16.7. The summed E-state index contributed by atoms with van der Waals surface area (Å²) in [4.78, 5) is 14.7. The first kappa shape index (κ1) is 29.1. The van der Waals surface area contributed by atoms with Crippen molar-refractivity contribution in [2.24, 2.45) is 5.41 Å². The van der Waals surface area contributed by atoms with Gasteiger partial charge in [-0.1, -0.05) is 12.0 Å². The van der Waals surface area contributed by atoms with Crippen LogP contribution in [0, 0.1) is 36.3 Å². The lowest BCUT2D eigenvalue weighted by atomic mass is 9.90. The molecule has 4 saturated heterocycles. The average Bonchev–Trinajstić information content (AvgIpc) is 3.32. The Morgan fingerprint density at radius 1 is 1.11 bits per heavy atom. The van der Waals surface area contributed by atoms with E-state index in [4.69, 9.17) is 25.9 Å². The Bertz CT molecular complexity index is 1980. The minimum atomic E-state index is -0.581. The number of rotatable bonds is 7. The van der Waals surface area contributed by atoms with Gasteiger partial charge in [-0.15, -0.1) is 6.42 Å². The largest absolute Gasteiger partial charge is 0.508 e. The van der Waals surface area contributed by atoms with E-state index >= 15 is 4.39 Å². The number of nitrogens with one attached hydrogen (secondary N) is 1. The highest BCUT2D eigenvalue weighted by molar-refractivity contribution is 6.05. The molecule has 4 atom stereocenters. The minimum absolute atomic E-state index is 0.0209. The van der Waals surface area contributed by atoms with E-state index in [-0.39, 0.29) is 28.3 Å². The number of piperazine rings is 1. The van der Waals surface area contributed by atoms with E-state index in [9.17, 15) is 9.50 Å². The zero-order valence-electron chi connectivity index (χ0n) is 26.4. The first-order chi connectivity index (χ1) is 22.8. The molecule has 1 aromatic heterocycles. The maximum atomic E-state index is 16.5. The van der Waals surface area contributed by atoms with Crippen LogP contribution in [0.1, 0.15) is 43.2 Å². The second kappa shape index (κ2) is 10.7. The Morgan fingerprint density at radius 2 is 1.91 bits per heavy atom. The van der Waals surface area contributed by atoms with Gasteiger partial charge in [0, 0.05) is 66.1 Å². The van der Waals surface area contributed by atoms with E-state index in [0.717, 1.165) is 64.9 Å². The molecule has 5 aliphatic rings. The molecule has 0 radical (unpaired) electrons. The van der Waals surface area contributed by atoms with Crippen molar-refractivity contribution in [2.45, 2.75) is 63.3 Å². The van der Waals surface area contributed by atoms with Gasteiger partial charge in [-0.05, 0) is 79.8 Å². The highest BCUT2D eigenvalue weighted by Crippen LogP contribution is 2.48. The molecule has 242 valence electrons. The molecule has 0 amide bonds. The van der Waals surface area contributed by atoms with Gasteiger partial charge in [-0.25, -0.2) is 8.78 Å². The van der Waals surface area contributed by atoms with Crippen molar-refractivity contribution in [2.75, 3.05) is 44.3 Å². The number of likely N-dealkylation sites (tertiary alicyclic amines) is 1. The molecule has 5 fully saturated rings. The third-order valence-electron chi connectivity index (χ3n) is 11.1. The molecule has 10 heteroatoms. The Labute approximate surface area is 272 Å². The number of aromatic hydroxyl groups is 1. The van der Waals surface area contributed by atoms with Crippen molar-refractivity contribution < 1.29 is 23.4 Å². The number of aryl methyl sites for hydroxylation is 1. The zero-order chi connectivity index (χ0) is 32.0. The topological polar surface area (TPSA) is 83.0 Å². The van der Waals surface area contributed by atoms with Crippen LogP contribution < -0.4 is 15.0 Å². The lowest BCUT2D eigenvalue weighted by Gasteiger charge is -2.34. The molecule has 1 saturated carbocycles. The fourth-order valence-electron chi connectivity index (χ4n) is 8.57. The summed E-state index contributed by atoms with van der Waals surface area (Å²) < 4.78 is 43.7. The SMILES string of the molecule is C#Cc1c(F)ccc2cc(O)cc(-c3c(F)cc4c(N5CC6CCC(C5)N6)nc(OCC5(CN6C[C@H]7C[C@@H]6CO7)CC5)nc4c3C)c12. The van der Waals surface area contributed by atoms with Crippen LogP contribution in [0.15, 0.2) is 30.3 Å². The Morgan fingerprint density at radius 3 is 2.62 bits per heavy atom. The maximum Gasteiger partial charge on any atom is 0.318 e. The van der Waals surface area contributed by atoms with E-state index in [0.29, 0.717) is 69.5 Å². The smallest absolute Gasteiger partial charge is 0.318 e. The Kier molecular flexibility index (Phi) is 6.66. The summed E-state index contributed by atoms with van der Waals surface area (Å²) in [5, 5.41) is 15.8. The molecule has 4 bridgehead atoms. The molecule has 4 aromatic rings. The van der Waals surface area contributed by atoms with Gasteiger partial charge in [0.15, 0.2) is 0 Å². The average molecular weight is 638 g/mol. The predicted molar refractivity (Wildman–Crippen MR) is 176 cm³/mol. The van der Waals surface area contributed by atoms with Crippen LogP contribution in [0.5, 0.6) is 11.8 Å². The van der Waals surface area contributed by atoms with E-state index in [2.05, 4.69) is 21.0 Å². The molecule has 8 nitrogen and oxygen atoms in total. The van der Waals surface area contributed by atoms with Crippen LogP contribution in [-0.2, 0) is 4.74 Å². The van der Waals surface area contributed by atoms with Gasteiger partial charge in [0.05, 0.1) is 30.4 Å². The number of halogens is 2. The number of aromatic nitrogens is 2. The minimum Gasteiger partial charge on any atom is -0.508 e. The standard InChI is InChI=1S/C37H37F2N5O3/c1-3-27-30(38)7-4-21-10-25(45)12-28(33(21)27)32-20(2)34-29(13-31(32)39)35(43-14-22-5-6-23(15-43)40-22)42-36(41-34)47-19-37(8-9-37)18-44-16-26-11-24(44)17-46-26/h1,4,7,10,12-13,22-24,26,40,45H,5-6,8-9,11,14-19H2,2H3/t22?,23?,24-,26-/m1/s1. The number of phenols is 1. The lowest BCUT2D eigenvalue weighted by molar-refractivity contribution is 0.0176. The van der Waals surface area contributed by atoms with Gasteiger partial charge in [0.2, 0.25) is 0 Å². The molecule has 1 aliphatic carbocycles. The molecule has 9 rings (SSSR count). The summed E-state index contributed by atoms with van der Waals surface area (Å²) in [5.74, 6) is 1.93. The van der Waals surface area contributed by atoms with Crippen LogP contribution in [0.3, 0.4) is 0 Å². The van der Waals surface area contributed by atoms with Crippen molar-refractivity contribution in [1.29, 1.82) is 0 Å². The number of hydrogen-bond donors (Lipinski definition) is 2. The first-order valence-electron chi connectivity index (χ1n) is 16.7. The Balaban J connectivity index is 1.15. The van der Waals surface area contributed by atoms with E-state index in [1.54, 1.807) is 13.0 Å². The van der Waals surface area contributed by atoms with Gasteiger partial charge < -0.3 is 24.8 Å². The monoisotopic (exact) mass is 637 g/mol. The van der Waals surface area contributed by atoms with Crippen LogP contribution in [-0.4, -0.2) is 83.6 Å². The van der Waals surface area contributed by atoms with Gasteiger partial charge in [0.25, 0.3) is 0 Å². The number of anilines is 1. The van der Waals surface area contributed by atoms with Crippen molar-refractivity contribution >= 4 is 27.5 Å². The van der Waals surface area contributed by atoms with Gasteiger partial charge >= 0.3 is 6.01 Å². The summed E-state index contributed by atoms with van der Waals surface area (Å²) in [6.45, 7) is 6.61. The number of nitrogens with zero attached hydrogens (tertiary/aromatic N) is 4. The van der Waals surface area contributed by atoms with Gasteiger partial charge in [-0.2, -0.15) is 9.97 Å². The van der Waals surface area contributed by atoms with E-state index in [1.807, 2.05) is 0 Å². The molecule has 47 heavy (non-hydrogen) atoms. The summed E-state index contributed by atoms with van der Waals surface area (Å²) >= 11 is 0. The lowest BCUT2D eigenvalue weighted by Crippen LogP contribution is -2.51. The van der Waals surface area contributed by atoms with Crippen LogP contribution in [0.2, 0.25) is 0 Å². The van der Waals surface area contributed by atoms with E-state index < -0.39 is 11.6 Å². The quantitative estimate of drug-likeness (QED) is 0.265. The second-order valence-corrected chi connectivity index (χ2v) is 14.3. The molecule has 0 spiro atoms. The van der Waals surface area contributed by atoms with Gasteiger partial charge in [0.1, 0.15) is 23.2 Å². The molecule has 4 aliphatic heterocycles. The van der Waals surface area contributed by atoms with Crippen LogP contribution in [0.4, 0.5) is 14.6 Å². The van der Waals surface area contributed by atoms with Crippen LogP contribution in [0.25, 0.3) is 32.8 Å². The number of hydrogen-bond acceptors (Lipinski definition) is 8. The zero-order valence-corrected chi connectivity index (χ0v) is 26.4. The van der Waals surface area contributed by atoms with Crippen LogP contribution >= 0.6 is 0 Å². The molecule has 3 aromatic carbocycles. The Hall–Kier alpha value is -4.04. The molecular formula is C37H37F2N5O3. The van der Waals surface area contributed by atoms with Crippen molar-refractivity contribution in [3.05, 3.63) is 53.1 Å². The summed E-state index contributed by atoms with van der Waals surface area (Å²) in [6, 6.07) is 8.69. The normalized spacial score (nSPS) is 26.0. The number of morpholine rings is 1. The van der Waals surface area contributed by atoms with Gasteiger partial charge in [-0.3, -0.25) is 4.90 Å². The maximum absolute atomic E-state index is 16.5. The number of phenolic OH excluding ortho intramolecular Hbond substituents is 1. The number of ether oxygens (including phenoxy) is 2. The highest BCUT2D eigenvalue weighted by Gasteiger charge is 2.49. The predicted octanol–water partition coefficient (Wildman–Crippen LogP) is 5.30. The summed E-state index contributed by atoms with van der Waals surface area (Å²) in [5.41, 5.74) is 1.71. The summed E-state index contributed by atoms with van der Waals surface area (Å²) in [6.07, 6.45) is 11.6. The molecule has 2 N–H and O–H groups in total. The van der Waals surface area contributed by atoms with Crippen molar-refractivity contribution in [3.8, 4) is 35.2 Å². The second-order valence-electron chi connectivity index (χ2n) is 14.3. The third kappa shape index (κ3) is 4.90. The summed E-state index contributed by atoms with van der Waals surface area (Å²) in [7, 11) is 0. The number of benzene rings is 3. The fourth-order valence-corrected chi connectivity index (χ4v) is 8.57. The number of fused-ring (bicyclic) bond motifs is 6. The van der Waals surface area contributed by atoms with Crippen molar-refractivity contribution in [1.82, 2.24) is 20.2 Å². The fraction of sp³-hybridized carbons (Fsp3) is 0.459. The number of terminal acetylenes is 1. The van der Waals surface area contributed by atoms with Crippen molar-refractivity contribution in [3.63, 3.8) is 0 Å². The highest BCUT2D eigenvalue weighted by atomic mass is 19.1. The van der Waals surface area contributed by atoms with E-state index in [1.165, 1.54) is 24.3 Å². The molecular weight excluding hydrogens is 600 g/mol. The third-order valence-corrected chi connectivity index (χ3v) is 11.1.